The van der Waals surface area contributed by atoms with Crippen molar-refractivity contribution in [3.05, 3.63) is 24.3 Å². The largest absolute Gasteiger partial charge is 0.494 e. The van der Waals surface area contributed by atoms with Crippen molar-refractivity contribution in [2.24, 2.45) is 5.92 Å². The van der Waals surface area contributed by atoms with Gasteiger partial charge >= 0.3 is 0 Å². The molecule has 0 bridgehead atoms. The number of ether oxygens (including phenoxy) is 1. The summed E-state index contributed by atoms with van der Waals surface area (Å²) in [7, 11) is -1.80. The van der Waals surface area contributed by atoms with Gasteiger partial charge in [-0.25, -0.2) is 8.42 Å². The van der Waals surface area contributed by atoms with E-state index in [1.807, 2.05) is 6.92 Å². The SMILES string of the molecule is CC(C1CC1)N(C)S(=O)(=O)c1ccc(OCCCO)cc1. The highest BCUT2D eigenvalue weighted by Gasteiger charge is 2.35. The van der Waals surface area contributed by atoms with Crippen LogP contribution < -0.4 is 4.74 Å². The predicted octanol–water partition coefficient (Wildman–Crippen LogP) is 1.87. The number of hydrogen-bond donors (Lipinski definition) is 1. The van der Waals surface area contributed by atoms with E-state index in [0.29, 0.717) is 24.7 Å². The minimum absolute atomic E-state index is 0.0375. The Labute approximate surface area is 126 Å². The second-order valence-corrected chi connectivity index (χ2v) is 7.49. The van der Waals surface area contributed by atoms with E-state index in [2.05, 4.69) is 0 Å². The van der Waals surface area contributed by atoms with E-state index in [-0.39, 0.29) is 17.5 Å². The summed E-state index contributed by atoms with van der Waals surface area (Å²) in [6, 6.07) is 6.48. The molecule has 0 aromatic heterocycles. The predicted molar refractivity (Wildman–Crippen MR) is 80.8 cm³/mol. The van der Waals surface area contributed by atoms with Crippen LogP contribution in [-0.2, 0) is 10.0 Å². The van der Waals surface area contributed by atoms with Gasteiger partial charge in [0, 0.05) is 26.1 Å². The molecule has 0 amide bonds. The van der Waals surface area contributed by atoms with Gasteiger partial charge in [0.2, 0.25) is 10.0 Å². The minimum Gasteiger partial charge on any atom is -0.494 e. The van der Waals surface area contributed by atoms with Crippen LogP contribution in [0.4, 0.5) is 0 Å². The van der Waals surface area contributed by atoms with E-state index in [9.17, 15) is 8.42 Å². The van der Waals surface area contributed by atoms with Crippen LogP contribution in [0.5, 0.6) is 5.75 Å². The number of hydrogen-bond acceptors (Lipinski definition) is 4. The Hall–Kier alpha value is -1.11. The molecule has 21 heavy (non-hydrogen) atoms. The summed E-state index contributed by atoms with van der Waals surface area (Å²) in [4.78, 5) is 0.284. The van der Waals surface area contributed by atoms with Crippen molar-refractivity contribution in [3.8, 4) is 5.75 Å². The molecule has 0 aliphatic heterocycles. The Bertz CT molecular complexity index is 552. The van der Waals surface area contributed by atoms with Crippen molar-refractivity contribution in [1.82, 2.24) is 4.31 Å². The summed E-state index contributed by atoms with van der Waals surface area (Å²) in [5, 5.41) is 8.69. The Balaban J connectivity index is 2.05. The Morgan fingerprint density at radius 3 is 2.48 bits per heavy atom. The lowest BCUT2D eigenvalue weighted by Gasteiger charge is -2.24. The summed E-state index contributed by atoms with van der Waals surface area (Å²) in [6.45, 7) is 2.46. The highest BCUT2D eigenvalue weighted by molar-refractivity contribution is 7.89. The van der Waals surface area contributed by atoms with Gasteiger partial charge in [0.05, 0.1) is 11.5 Å². The van der Waals surface area contributed by atoms with Gasteiger partial charge < -0.3 is 9.84 Å². The van der Waals surface area contributed by atoms with Crippen LogP contribution in [0.1, 0.15) is 26.2 Å². The lowest BCUT2D eigenvalue weighted by atomic mass is 10.2. The molecule has 1 N–H and O–H groups in total. The van der Waals surface area contributed by atoms with E-state index in [0.717, 1.165) is 12.8 Å². The molecular formula is C15H23NO4S. The van der Waals surface area contributed by atoms with Gasteiger partial charge in [-0.1, -0.05) is 0 Å². The van der Waals surface area contributed by atoms with Gasteiger partial charge in [0.25, 0.3) is 0 Å². The van der Waals surface area contributed by atoms with Crippen LogP contribution in [-0.4, -0.2) is 44.1 Å². The van der Waals surface area contributed by atoms with E-state index >= 15 is 0 Å². The third-order valence-electron chi connectivity index (χ3n) is 3.95. The lowest BCUT2D eigenvalue weighted by molar-refractivity contribution is 0.233. The molecule has 0 radical (unpaired) electrons. The third-order valence-corrected chi connectivity index (χ3v) is 5.91. The topological polar surface area (TPSA) is 66.8 Å². The fraction of sp³-hybridized carbons (Fsp3) is 0.600. The molecule has 118 valence electrons. The average molecular weight is 313 g/mol. The smallest absolute Gasteiger partial charge is 0.243 e. The highest BCUT2D eigenvalue weighted by atomic mass is 32.2. The van der Waals surface area contributed by atoms with Crippen LogP contribution in [0, 0.1) is 5.92 Å². The summed E-state index contributed by atoms with van der Waals surface area (Å²) in [5.74, 6) is 1.10. The van der Waals surface area contributed by atoms with Gasteiger partial charge in [-0.15, -0.1) is 0 Å². The van der Waals surface area contributed by atoms with E-state index < -0.39 is 10.0 Å². The molecule has 0 spiro atoms. The van der Waals surface area contributed by atoms with Gasteiger partial charge in [0.15, 0.2) is 0 Å². The molecular weight excluding hydrogens is 290 g/mol. The number of aliphatic hydroxyl groups excluding tert-OH is 1. The van der Waals surface area contributed by atoms with Crippen LogP contribution in [0.2, 0.25) is 0 Å². The maximum atomic E-state index is 12.5. The fourth-order valence-electron chi connectivity index (χ4n) is 2.22. The second-order valence-electron chi connectivity index (χ2n) is 5.50. The number of nitrogens with zero attached hydrogens (tertiary/aromatic N) is 1. The molecule has 1 aromatic carbocycles. The van der Waals surface area contributed by atoms with Crippen LogP contribution in [0.25, 0.3) is 0 Å². The first-order chi connectivity index (χ1) is 9.96. The van der Waals surface area contributed by atoms with Crippen LogP contribution in [0.3, 0.4) is 0 Å². The van der Waals surface area contributed by atoms with E-state index in [4.69, 9.17) is 9.84 Å². The van der Waals surface area contributed by atoms with E-state index in [1.54, 1.807) is 31.3 Å². The third kappa shape index (κ3) is 3.96. The minimum atomic E-state index is -3.45. The Morgan fingerprint density at radius 1 is 1.33 bits per heavy atom. The number of aliphatic hydroxyl groups is 1. The molecule has 1 aliphatic rings. The van der Waals surface area contributed by atoms with Gasteiger partial charge in [-0.3, -0.25) is 0 Å². The average Bonchev–Trinajstić information content (AvgIpc) is 3.31. The molecule has 6 heteroatoms. The van der Waals surface area contributed by atoms with Crippen molar-refractivity contribution in [3.63, 3.8) is 0 Å². The molecule has 5 nitrogen and oxygen atoms in total. The van der Waals surface area contributed by atoms with Crippen molar-refractivity contribution >= 4 is 10.0 Å². The fourth-order valence-corrected chi connectivity index (χ4v) is 3.65. The molecule has 0 heterocycles. The standard InChI is InChI=1S/C15H23NO4S/c1-12(13-4-5-13)16(2)21(18,19)15-8-6-14(7-9-15)20-11-3-10-17/h6-9,12-13,17H,3-5,10-11H2,1-2H3. The number of rotatable bonds is 8. The Morgan fingerprint density at radius 2 is 1.95 bits per heavy atom. The normalized spacial score (nSPS) is 17.0. The summed E-state index contributed by atoms with van der Waals surface area (Å²) >= 11 is 0. The van der Waals surface area contributed by atoms with Gasteiger partial charge in [-0.05, 0) is 49.9 Å². The number of benzene rings is 1. The van der Waals surface area contributed by atoms with Crippen molar-refractivity contribution in [1.29, 1.82) is 0 Å². The monoisotopic (exact) mass is 313 g/mol. The molecule has 1 fully saturated rings. The van der Waals surface area contributed by atoms with Gasteiger partial charge in [-0.2, -0.15) is 4.31 Å². The van der Waals surface area contributed by atoms with Crippen molar-refractivity contribution < 1.29 is 18.3 Å². The lowest BCUT2D eigenvalue weighted by Crippen LogP contribution is -2.36. The number of sulfonamides is 1. The van der Waals surface area contributed by atoms with Crippen LogP contribution >= 0.6 is 0 Å². The molecule has 1 aliphatic carbocycles. The zero-order chi connectivity index (χ0) is 15.5. The van der Waals surface area contributed by atoms with Gasteiger partial charge in [0.1, 0.15) is 5.75 Å². The molecule has 2 rings (SSSR count). The molecule has 0 saturated heterocycles. The first-order valence-electron chi connectivity index (χ1n) is 7.28. The maximum Gasteiger partial charge on any atom is 0.243 e. The molecule has 1 saturated carbocycles. The molecule has 1 aromatic rings. The first kappa shape index (κ1) is 16.3. The van der Waals surface area contributed by atoms with E-state index in [1.165, 1.54) is 4.31 Å². The Kier molecular flexibility index (Phi) is 5.24. The zero-order valence-electron chi connectivity index (χ0n) is 12.5. The molecule has 1 atom stereocenters. The first-order valence-corrected chi connectivity index (χ1v) is 8.72. The van der Waals surface area contributed by atoms with Crippen LogP contribution in [0.15, 0.2) is 29.2 Å². The quantitative estimate of drug-likeness (QED) is 0.744. The zero-order valence-corrected chi connectivity index (χ0v) is 13.3. The maximum absolute atomic E-state index is 12.5. The van der Waals surface area contributed by atoms with Crippen molar-refractivity contribution in [2.75, 3.05) is 20.3 Å². The summed E-state index contributed by atoms with van der Waals surface area (Å²) < 4.78 is 31.9. The molecule has 1 unspecified atom stereocenters. The summed E-state index contributed by atoms with van der Waals surface area (Å²) in [5.41, 5.74) is 0. The highest BCUT2D eigenvalue weighted by Crippen LogP contribution is 2.36. The second kappa shape index (κ2) is 6.77. The summed E-state index contributed by atoms with van der Waals surface area (Å²) in [6.07, 6.45) is 2.78. The van der Waals surface area contributed by atoms with Crippen molar-refractivity contribution in [2.45, 2.75) is 37.1 Å².